The van der Waals surface area contributed by atoms with Gasteiger partial charge in [0.2, 0.25) is 11.8 Å². The Morgan fingerprint density at radius 1 is 0.824 bits per heavy atom. The maximum Gasteiger partial charge on any atom is 0.264 e. The van der Waals surface area contributed by atoms with Crippen LogP contribution in [-0.2, 0) is 32.6 Å². The zero-order valence-electron chi connectivity index (χ0n) is 27.8. The van der Waals surface area contributed by atoms with Gasteiger partial charge in [0.1, 0.15) is 31.6 Å². The van der Waals surface area contributed by atoms with Gasteiger partial charge in [0, 0.05) is 25.1 Å². The highest BCUT2D eigenvalue weighted by Gasteiger charge is 2.36. The van der Waals surface area contributed by atoms with Gasteiger partial charge < -0.3 is 19.7 Å². The molecule has 0 saturated heterocycles. The summed E-state index contributed by atoms with van der Waals surface area (Å²) >= 11 is 12.6. The SMILES string of the molecule is O=C(NC1CCCCC1)[C@@H](Cc1ccccc1)N(Cc1ccc(Cl)c(Cl)c1)C(=O)CN(c1ccc(F)cc1)S(=O)(=O)c1ccc2c(c1)OCCO2. The Bertz CT molecular complexity index is 1960. The van der Waals surface area contributed by atoms with E-state index in [0.29, 0.717) is 22.9 Å². The Balaban J connectivity index is 1.40. The van der Waals surface area contributed by atoms with Crippen LogP contribution in [0.25, 0.3) is 0 Å². The average molecular weight is 755 g/mol. The van der Waals surface area contributed by atoms with E-state index in [-0.39, 0.29) is 52.9 Å². The van der Waals surface area contributed by atoms with Crippen molar-refractivity contribution in [1.29, 1.82) is 0 Å². The van der Waals surface area contributed by atoms with Crippen LogP contribution in [0.4, 0.5) is 10.1 Å². The lowest BCUT2D eigenvalue weighted by Gasteiger charge is -2.35. The predicted octanol–water partition coefficient (Wildman–Crippen LogP) is 7.19. The van der Waals surface area contributed by atoms with Crippen LogP contribution in [0.2, 0.25) is 10.0 Å². The molecule has 6 rings (SSSR count). The van der Waals surface area contributed by atoms with Crippen LogP contribution in [0.15, 0.2) is 95.9 Å². The van der Waals surface area contributed by atoms with Crippen LogP contribution in [0.1, 0.15) is 43.2 Å². The Labute approximate surface area is 307 Å². The van der Waals surface area contributed by atoms with Gasteiger partial charge in [-0.15, -0.1) is 0 Å². The molecular formula is C38H38Cl2FN3O6S. The summed E-state index contributed by atoms with van der Waals surface area (Å²) in [5.74, 6) is -0.944. The first-order chi connectivity index (χ1) is 24.6. The Morgan fingerprint density at radius 3 is 2.24 bits per heavy atom. The number of benzene rings is 4. The lowest BCUT2D eigenvalue weighted by atomic mass is 9.94. The second kappa shape index (κ2) is 16.4. The van der Waals surface area contributed by atoms with E-state index in [1.165, 1.54) is 35.2 Å². The summed E-state index contributed by atoms with van der Waals surface area (Å²) in [6.07, 6.45) is 4.90. The molecule has 1 fully saturated rings. The minimum absolute atomic E-state index is 0.0437. The number of nitrogens with one attached hydrogen (secondary N) is 1. The first-order valence-electron chi connectivity index (χ1n) is 16.8. The van der Waals surface area contributed by atoms with Crippen molar-refractivity contribution < 1.29 is 31.9 Å². The Hall–Kier alpha value is -4.32. The molecule has 1 aliphatic heterocycles. The monoisotopic (exact) mass is 753 g/mol. The number of carbonyl (C=O) groups excluding carboxylic acids is 2. The number of rotatable bonds is 12. The van der Waals surface area contributed by atoms with Crippen LogP contribution >= 0.6 is 23.2 Å². The third-order valence-electron chi connectivity index (χ3n) is 9.05. The maximum atomic E-state index is 14.8. The van der Waals surface area contributed by atoms with Crippen molar-refractivity contribution >= 4 is 50.7 Å². The van der Waals surface area contributed by atoms with Crippen molar-refractivity contribution in [1.82, 2.24) is 10.2 Å². The molecule has 0 radical (unpaired) electrons. The van der Waals surface area contributed by atoms with E-state index in [1.807, 2.05) is 30.3 Å². The highest BCUT2D eigenvalue weighted by Crippen LogP contribution is 2.35. The molecule has 1 saturated carbocycles. The number of hydrogen-bond donors (Lipinski definition) is 1. The molecular weight excluding hydrogens is 716 g/mol. The van der Waals surface area contributed by atoms with Gasteiger partial charge in [-0.25, -0.2) is 12.8 Å². The van der Waals surface area contributed by atoms with Crippen molar-refractivity contribution in [3.63, 3.8) is 0 Å². The third kappa shape index (κ3) is 8.95. The summed E-state index contributed by atoms with van der Waals surface area (Å²) in [6, 6.07) is 22.2. The smallest absolute Gasteiger partial charge is 0.264 e. The molecule has 1 aliphatic carbocycles. The van der Waals surface area contributed by atoms with E-state index < -0.39 is 34.3 Å². The van der Waals surface area contributed by atoms with Gasteiger partial charge in [-0.2, -0.15) is 0 Å². The molecule has 1 heterocycles. The van der Waals surface area contributed by atoms with E-state index in [9.17, 15) is 22.4 Å². The zero-order valence-corrected chi connectivity index (χ0v) is 30.1. The summed E-state index contributed by atoms with van der Waals surface area (Å²) < 4.78 is 55.1. The Kier molecular flexibility index (Phi) is 11.7. The number of amides is 2. The van der Waals surface area contributed by atoms with E-state index in [0.717, 1.165) is 54.1 Å². The second-order valence-corrected chi connectivity index (χ2v) is 15.3. The van der Waals surface area contributed by atoms with Crippen molar-refractivity contribution in [3.05, 3.63) is 118 Å². The quantitative estimate of drug-likeness (QED) is 0.164. The van der Waals surface area contributed by atoms with Gasteiger partial charge in [-0.3, -0.25) is 13.9 Å². The van der Waals surface area contributed by atoms with E-state index in [2.05, 4.69) is 5.32 Å². The first-order valence-corrected chi connectivity index (χ1v) is 19.0. The maximum absolute atomic E-state index is 14.8. The fourth-order valence-corrected chi connectivity index (χ4v) is 8.13. The number of ether oxygens (including phenoxy) is 2. The van der Waals surface area contributed by atoms with E-state index in [1.54, 1.807) is 18.2 Å². The second-order valence-electron chi connectivity index (χ2n) is 12.6. The average Bonchev–Trinajstić information content (AvgIpc) is 3.14. The van der Waals surface area contributed by atoms with Crippen molar-refractivity contribution in [2.75, 3.05) is 24.1 Å². The topological polar surface area (TPSA) is 105 Å². The van der Waals surface area contributed by atoms with Gasteiger partial charge in [-0.1, -0.05) is 78.9 Å². The standard InChI is InChI=1S/C38H38Cl2FN3O6S/c39-32-17-11-27(21-33(32)40)24-43(34(22-26-7-3-1-4-8-26)38(46)42-29-9-5-2-6-10-29)37(45)25-44(30-14-12-28(41)13-15-30)51(47,48)31-16-18-35-36(23-31)50-20-19-49-35/h1,3-4,7-8,11-18,21,23,29,34H,2,5-6,9-10,19-20,22,24-25H2,(H,42,46)/t34-/m1/s1. The molecule has 13 heteroatoms. The number of nitrogens with zero attached hydrogens (tertiary/aromatic N) is 2. The van der Waals surface area contributed by atoms with Crippen LogP contribution in [0.5, 0.6) is 11.5 Å². The molecule has 4 aromatic carbocycles. The normalized spacial score (nSPS) is 15.1. The number of halogens is 3. The number of carbonyl (C=O) groups is 2. The number of anilines is 1. The van der Waals surface area contributed by atoms with Gasteiger partial charge >= 0.3 is 0 Å². The molecule has 1 N–H and O–H groups in total. The fourth-order valence-electron chi connectivity index (χ4n) is 6.38. The number of sulfonamides is 1. The molecule has 0 unspecified atom stereocenters. The Morgan fingerprint density at radius 2 is 1.53 bits per heavy atom. The zero-order chi connectivity index (χ0) is 36.0. The van der Waals surface area contributed by atoms with Gasteiger partial charge in [-0.05, 0) is 72.5 Å². The molecule has 2 aliphatic rings. The van der Waals surface area contributed by atoms with Gasteiger partial charge in [0.15, 0.2) is 11.5 Å². The fraction of sp³-hybridized carbons (Fsp3) is 0.316. The lowest BCUT2D eigenvalue weighted by Crippen LogP contribution is -2.55. The molecule has 1 atom stereocenters. The summed E-state index contributed by atoms with van der Waals surface area (Å²) in [5, 5.41) is 3.77. The molecule has 51 heavy (non-hydrogen) atoms. The highest BCUT2D eigenvalue weighted by atomic mass is 35.5. The van der Waals surface area contributed by atoms with E-state index >= 15 is 0 Å². The minimum atomic E-state index is -4.45. The molecule has 0 aromatic heterocycles. The minimum Gasteiger partial charge on any atom is -0.486 e. The predicted molar refractivity (Wildman–Crippen MR) is 194 cm³/mol. The number of hydrogen-bond acceptors (Lipinski definition) is 6. The van der Waals surface area contributed by atoms with Gasteiger partial charge in [0.25, 0.3) is 10.0 Å². The lowest BCUT2D eigenvalue weighted by molar-refractivity contribution is -0.140. The summed E-state index contributed by atoms with van der Waals surface area (Å²) in [6.45, 7) is -0.215. The largest absolute Gasteiger partial charge is 0.486 e. The highest BCUT2D eigenvalue weighted by molar-refractivity contribution is 7.92. The molecule has 0 bridgehead atoms. The molecule has 268 valence electrons. The molecule has 2 amide bonds. The van der Waals surface area contributed by atoms with Crippen LogP contribution < -0.4 is 19.1 Å². The van der Waals surface area contributed by atoms with Crippen molar-refractivity contribution in [2.24, 2.45) is 0 Å². The van der Waals surface area contributed by atoms with Crippen molar-refractivity contribution in [3.8, 4) is 11.5 Å². The summed E-state index contributed by atoms with van der Waals surface area (Å²) in [4.78, 5) is 30.3. The molecule has 9 nitrogen and oxygen atoms in total. The molecule has 4 aromatic rings. The number of fused-ring (bicyclic) bond motifs is 1. The van der Waals surface area contributed by atoms with Gasteiger partial charge in [0.05, 0.1) is 20.6 Å². The summed E-state index contributed by atoms with van der Waals surface area (Å²) in [7, 11) is -4.45. The van der Waals surface area contributed by atoms with Crippen LogP contribution in [-0.4, -0.2) is 57.0 Å². The molecule has 0 spiro atoms. The van der Waals surface area contributed by atoms with Crippen LogP contribution in [0, 0.1) is 5.82 Å². The third-order valence-corrected chi connectivity index (χ3v) is 11.6. The van der Waals surface area contributed by atoms with Crippen molar-refractivity contribution in [2.45, 2.75) is 62.0 Å². The first kappa shape index (κ1) is 36.5. The van der Waals surface area contributed by atoms with E-state index in [4.69, 9.17) is 32.7 Å². The summed E-state index contributed by atoms with van der Waals surface area (Å²) in [5.41, 5.74) is 1.46. The van der Waals surface area contributed by atoms with Crippen LogP contribution in [0.3, 0.4) is 0 Å².